The van der Waals surface area contributed by atoms with E-state index in [-0.39, 0.29) is 5.54 Å². The second kappa shape index (κ2) is 7.12. The number of amides is 2. The molecule has 0 bridgehead atoms. The zero-order chi connectivity index (χ0) is 18.7. The summed E-state index contributed by atoms with van der Waals surface area (Å²) in [6, 6.07) is 7.04. The summed E-state index contributed by atoms with van der Waals surface area (Å²) in [6.45, 7) is 6.10. The lowest BCUT2D eigenvalue weighted by Gasteiger charge is -2.18. The Morgan fingerprint density at radius 3 is 2.77 bits per heavy atom. The Hall–Kier alpha value is -2.94. The van der Waals surface area contributed by atoms with E-state index in [1.54, 1.807) is 24.2 Å². The molecule has 0 atom stereocenters. The molecule has 0 saturated heterocycles. The molecule has 2 N–H and O–H groups in total. The number of benzene rings is 1. The molecular formula is C17H20N6O2S. The normalized spacial score (nSPS) is 11.2. The van der Waals surface area contributed by atoms with Crippen molar-refractivity contribution in [1.82, 2.24) is 19.1 Å². The highest BCUT2D eigenvalue weighted by Crippen LogP contribution is 2.24. The number of urea groups is 1. The van der Waals surface area contributed by atoms with Gasteiger partial charge in [-0.1, -0.05) is 12.1 Å². The van der Waals surface area contributed by atoms with Crippen molar-refractivity contribution in [1.29, 1.82) is 0 Å². The predicted molar refractivity (Wildman–Crippen MR) is 102 cm³/mol. The van der Waals surface area contributed by atoms with Gasteiger partial charge in [-0.2, -0.15) is 14.5 Å². The Balaban J connectivity index is 1.65. The van der Waals surface area contributed by atoms with Crippen molar-refractivity contribution >= 4 is 28.4 Å². The number of rotatable bonds is 4. The van der Waals surface area contributed by atoms with Crippen LogP contribution < -0.4 is 15.4 Å². The lowest BCUT2D eigenvalue weighted by atomic mass is 10.1. The highest BCUT2D eigenvalue weighted by Gasteiger charge is 2.15. The first-order valence-electron chi connectivity index (χ1n) is 7.96. The third-order valence-corrected chi connectivity index (χ3v) is 4.13. The number of hydrogen-bond acceptors (Lipinski definition) is 6. The van der Waals surface area contributed by atoms with Gasteiger partial charge in [0.15, 0.2) is 5.82 Å². The Labute approximate surface area is 155 Å². The van der Waals surface area contributed by atoms with E-state index in [0.29, 0.717) is 16.6 Å². The minimum atomic E-state index is -0.396. The first-order chi connectivity index (χ1) is 12.3. The zero-order valence-corrected chi connectivity index (χ0v) is 15.8. The standard InChI is InChI=1S/C17H20N6O2S/c1-17(2,3)23-10-12(9-18-23)19-15(24)21-16-20-14(22-26-16)11-6-5-7-13(8-11)25-4/h5-10H,1-4H3,(H2,19,20,21,22,24). The summed E-state index contributed by atoms with van der Waals surface area (Å²) >= 11 is 1.11. The summed E-state index contributed by atoms with van der Waals surface area (Å²) in [5.41, 5.74) is 1.27. The van der Waals surface area contributed by atoms with E-state index >= 15 is 0 Å². The van der Waals surface area contributed by atoms with E-state index < -0.39 is 6.03 Å². The maximum atomic E-state index is 12.1. The van der Waals surface area contributed by atoms with Crippen molar-refractivity contribution in [2.24, 2.45) is 0 Å². The Kier molecular flexibility index (Phi) is 4.90. The molecule has 1 aromatic carbocycles. The van der Waals surface area contributed by atoms with Gasteiger partial charge in [0, 0.05) is 23.3 Å². The van der Waals surface area contributed by atoms with Gasteiger partial charge in [0.05, 0.1) is 24.5 Å². The monoisotopic (exact) mass is 372 g/mol. The van der Waals surface area contributed by atoms with Crippen LogP contribution in [0.4, 0.5) is 15.6 Å². The molecule has 0 radical (unpaired) electrons. The van der Waals surface area contributed by atoms with Gasteiger partial charge in [-0.05, 0) is 32.9 Å². The summed E-state index contributed by atoms with van der Waals surface area (Å²) in [6.07, 6.45) is 3.38. The highest BCUT2D eigenvalue weighted by molar-refractivity contribution is 7.10. The fourth-order valence-electron chi connectivity index (χ4n) is 2.17. The van der Waals surface area contributed by atoms with Crippen molar-refractivity contribution in [3.8, 4) is 17.1 Å². The van der Waals surface area contributed by atoms with E-state index in [0.717, 1.165) is 22.8 Å². The summed E-state index contributed by atoms with van der Waals surface area (Å²) < 4.78 is 11.3. The van der Waals surface area contributed by atoms with Crippen molar-refractivity contribution in [3.05, 3.63) is 36.7 Å². The SMILES string of the molecule is COc1cccc(-c2nsc(NC(=O)Nc3cnn(C(C)(C)C)c3)n2)c1. The van der Waals surface area contributed by atoms with Gasteiger partial charge in [0.25, 0.3) is 0 Å². The van der Waals surface area contributed by atoms with Gasteiger partial charge in [0.2, 0.25) is 5.13 Å². The molecule has 136 valence electrons. The van der Waals surface area contributed by atoms with Crippen LogP contribution >= 0.6 is 11.5 Å². The lowest BCUT2D eigenvalue weighted by molar-refractivity contribution is 0.262. The highest BCUT2D eigenvalue weighted by atomic mass is 32.1. The Morgan fingerprint density at radius 2 is 2.08 bits per heavy atom. The molecule has 3 aromatic rings. The third-order valence-electron chi connectivity index (χ3n) is 3.50. The smallest absolute Gasteiger partial charge is 0.325 e. The Bertz CT molecular complexity index is 912. The van der Waals surface area contributed by atoms with Crippen LogP contribution in [0.2, 0.25) is 0 Å². The number of aromatic nitrogens is 4. The molecule has 0 aliphatic carbocycles. The fraction of sp³-hybridized carbons (Fsp3) is 0.294. The average Bonchev–Trinajstić information content (AvgIpc) is 3.24. The van der Waals surface area contributed by atoms with Crippen molar-refractivity contribution < 1.29 is 9.53 Å². The van der Waals surface area contributed by atoms with Crippen LogP contribution in [0, 0.1) is 0 Å². The maximum Gasteiger partial charge on any atom is 0.325 e. The van der Waals surface area contributed by atoms with Crippen molar-refractivity contribution in [2.45, 2.75) is 26.3 Å². The summed E-state index contributed by atoms with van der Waals surface area (Å²) in [5.74, 6) is 1.25. The fourth-order valence-corrected chi connectivity index (χ4v) is 2.75. The largest absolute Gasteiger partial charge is 0.497 e. The quantitative estimate of drug-likeness (QED) is 0.726. The molecule has 26 heavy (non-hydrogen) atoms. The summed E-state index contributed by atoms with van der Waals surface area (Å²) in [7, 11) is 1.60. The molecule has 9 heteroatoms. The van der Waals surface area contributed by atoms with Crippen LogP contribution in [0.3, 0.4) is 0 Å². The van der Waals surface area contributed by atoms with E-state index in [9.17, 15) is 4.79 Å². The second-order valence-corrected chi connectivity index (χ2v) is 7.33. The topological polar surface area (TPSA) is 94.0 Å². The number of methoxy groups -OCH3 is 1. The van der Waals surface area contributed by atoms with Gasteiger partial charge in [0.1, 0.15) is 5.75 Å². The zero-order valence-electron chi connectivity index (χ0n) is 15.0. The molecular weight excluding hydrogens is 352 g/mol. The Morgan fingerprint density at radius 1 is 1.27 bits per heavy atom. The van der Waals surface area contributed by atoms with Crippen LogP contribution in [-0.2, 0) is 5.54 Å². The van der Waals surface area contributed by atoms with Crippen LogP contribution in [-0.4, -0.2) is 32.3 Å². The predicted octanol–water partition coefficient (Wildman–Crippen LogP) is 3.81. The number of ether oxygens (including phenoxy) is 1. The van der Waals surface area contributed by atoms with Gasteiger partial charge in [-0.25, -0.2) is 4.79 Å². The third kappa shape index (κ3) is 4.17. The first kappa shape index (κ1) is 17.9. The average molecular weight is 372 g/mol. The molecule has 0 unspecified atom stereocenters. The van der Waals surface area contributed by atoms with Crippen molar-refractivity contribution in [3.63, 3.8) is 0 Å². The number of carbonyl (C=O) groups excluding carboxylic acids is 1. The second-order valence-electron chi connectivity index (χ2n) is 6.58. The molecule has 2 aromatic heterocycles. The van der Waals surface area contributed by atoms with Crippen LogP contribution in [0.25, 0.3) is 11.4 Å². The molecule has 0 spiro atoms. The van der Waals surface area contributed by atoms with E-state index in [1.165, 1.54) is 0 Å². The number of hydrogen-bond donors (Lipinski definition) is 2. The van der Waals surface area contributed by atoms with Crippen molar-refractivity contribution in [2.75, 3.05) is 17.7 Å². The van der Waals surface area contributed by atoms with E-state index in [2.05, 4.69) is 25.1 Å². The van der Waals surface area contributed by atoms with Gasteiger partial charge >= 0.3 is 6.03 Å². The summed E-state index contributed by atoms with van der Waals surface area (Å²) in [5, 5.41) is 10.1. The van der Waals surface area contributed by atoms with Crippen LogP contribution in [0.5, 0.6) is 5.75 Å². The molecule has 0 saturated carbocycles. The molecule has 0 fully saturated rings. The van der Waals surface area contributed by atoms with E-state index in [1.807, 2.05) is 45.0 Å². The molecule has 2 heterocycles. The van der Waals surface area contributed by atoms with E-state index in [4.69, 9.17) is 4.74 Å². The minimum absolute atomic E-state index is 0.152. The number of carbonyl (C=O) groups is 1. The molecule has 0 aliphatic rings. The van der Waals surface area contributed by atoms with Gasteiger partial charge in [-0.15, -0.1) is 0 Å². The minimum Gasteiger partial charge on any atom is -0.497 e. The number of nitrogens with one attached hydrogen (secondary N) is 2. The molecule has 8 nitrogen and oxygen atoms in total. The molecule has 3 rings (SSSR count). The number of anilines is 2. The van der Waals surface area contributed by atoms with Crippen LogP contribution in [0.1, 0.15) is 20.8 Å². The first-order valence-corrected chi connectivity index (χ1v) is 8.74. The molecule has 2 amide bonds. The molecule has 0 aliphatic heterocycles. The van der Waals surface area contributed by atoms with Crippen LogP contribution in [0.15, 0.2) is 36.7 Å². The summed E-state index contributed by atoms with van der Waals surface area (Å²) in [4.78, 5) is 16.5. The van der Waals surface area contributed by atoms with Gasteiger partial charge < -0.3 is 10.1 Å². The maximum absolute atomic E-state index is 12.1. The number of nitrogens with zero attached hydrogens (tertiary/aromatic N) is 4. The lowest BCUT2D eigenvalue weighted by Crippen LogP contribution is -2.22. The van der Waals surface area contributed by atoms with Gasteiger partial charge in [-0.3, -0.25) is 10.00 Å².